The lowest BCUT2D eigenvalue weighted by Gasteiger charge is -1.90. The monoisotopic (exact) mass is 370 g/mol. The summed E-state index contributed by atoms with van der Waals surface area (Å²) in [7, 11) is 0. The number of para-hydroxylation sites is 1. The minimum atomic E-state index is 0.881. The van der Waals surface area contributed by atoms with Gasteiger partial charge in [0.15, 0.2) is 6.20 Å². The second kappa shape index (κ2) is 5.49. The first kappa shape index (κ1) is 14.6. The van der Waals surface area contributed by atoms with Crippen molar-refractivity contribution in [3.63, 3.8) is 0 Å². The molecule has 27 heavy (non-hydrogen) atoms. The van der Waals surface area contributed by atoms with Gasteiger partial charge < -0.3 is 0 Å². The van der Waals surface area contributed by atoms with Crippen molar-refractivity contribution in [3.8, 4) is 11.4 Å². The number of hydrogen-bond acceptors (Lipinski definition) is 3. The molecule has 3 aromatic heterocycles. The minimum Gasteiger partial charge on any atom is -0.278 e. The molecule has 0 atom stereocenters. The van der Waals surface area contributed by atoms with Crippen LogP contribution < -0.4 is 8.70 Å². The molecule has 5 nitrogen and oxygen atoms in total. The highest BCUT2D eigenvalue weighted by Gasteiger charge is 2.19. The van der Waals surface area contributed by atoms with Crippen LogP contribution in [0.5, 0.6) is 0 Å². The number of hydrogen-bond donors (Lipinski definition) is 1. The molecular formula is C21H14N4OS+2. The summed E-state index contributed by atoms with van der Waals surface area (Å²) >= 11 is 1.70. The fraction of sp³-hybridized carbons (Fsp3) is 0. The molecule has 0 fully saturated rings. The van der Waals surface area contributed by atoms with Gasteiger partial charge in [0.25, 0.3) is 5.69 Å². The first-order chi connectivity index (χ1) is 13.3. The molecule has 6 rings (SSSR count). The average Bonchev–Trinajstić information content (AvgIpc) is 3.42. The van der Waals surface area contributed by atoms with Gasteiger partial charge in [-0.1, -0.05) is 12.1 Å². The number of aromatic nitrogens is 4. The van der Waals surface area contributed by atoms with Crippen LogP contribution in [0.1, 0.15) is 0 Å². The Morgan fingerprint density at radius 2 is 1.74 bits per heavy atom. The van der Waals surface area contributed by atoms with Crippen LogP contribution in [0.2, 0.25) is 0 Å². The van der Waals surface area contributed by atoms with Crippen molar-refractivity contribution in [1.82, 2.24) is 10.2 Å². The smallest absolute Gasteiger partial charge is 0.259 e. The maximum absolute atomic E-state index is 5.94. The average molecular weight is 370 g/mol. The Kier molecular flexibility index (Phi) is 2.98. The van der Waals surface area contributed by atoms with Crippen LogP contribution in [0.3, 0.4) is 0 Å². The molecule has 0 unspecified atom stereocenters. The summed E-state index contributed by atoms with van der Waals surface area (Å²) in [4.78, 5) is 0. The van der Waals surface area contributed by atoms with E-state index in [-0.39, 0.29) is 0 Å². The second-order valence-corrected chi connectivity index (χ2v) is 7.51. The number of aromatic amines is 1. The molecule has 128 valence electrons. The van der Waals surface area contributed by atoms with E-state index in [0.717, 1.165) is 33.2 Å². The molecule has 0 amide bonds. The summed E-state index contributed by atoms with van der Waals surface area (Å²) < 4.78 is 11.1. The number of H-pyrrole nitrogens is 1. The molecule has 0 aliphatic carbocycles. The minimum absolute atomic E-state index is 0.881. The lowest BCUT2D eigenvalue weighted by Crippen LogP contribution is -2.26. The van der Waals surface area contributed by atoms with Gasteiger partial charge in [-0.3, -0.25) is 5.10 Å². The molecule has 0 saturated carbocycles. The standard InChI is InChI=1S/C21H14N4OS/c1-2-4-20-15(3-1)12-24(26-20)17-7-6-16-13-25(27-21(16)10-17)18-8-5-14-11-22-23-19(14)9-18/h1-13H,(H,22,23)/q+2. The van der Waals surface area contributed by atoms with Crippen LogP contribution in [0.15, 0.2) is 83.8 Å². The van der Waals surface area contributed by atoms with Crippen LogP contribution >= 0.6 is 11.5 Å². The van der Waals surface area contributed by atoms with E-state index in [0.29, 0.717) is 0 Å². The van der Waals surface area contributed by atoms with Crippen molar-refractivity contribution in [3.05, 3.63) is 79.3 Å². The molecular weight excluding hydrogens is 356 g/mol. The molecule has 6 heteroatoms. The summed E-state index contributed by atoms with van der Waals surface area (Å²) in [5.41, 5.74) is 4.05. The molecule has 0 radical (unpaired) electrons. The zero-order valence-electron chi connectivity index (χ0n) is 14.2. The van der Waals surface area contributed by atoms with Crippen molar-refractivity contribution in [2.24, 2.45) is 0 Å². The van der Waals surface area contributed by atoms with E-state index < -0.39 is 0 Å². The second-order valence-electron chi connectivity index (χ2n) is 6.49. The van der Waals surface area contributed by atoms with Gasteiger partial charge in [-0.05, 0) is 24.3 Å². The van der Waals surface area contributed by atoms with E-state index in [1.54, 1.807) is 11.5 Å². The Labute approximate surface area is 157 Å². The Bertz CT molecular complexity index is 1410. The molecule has 1 N–H and O–H groups in total. The van der Waals surface area contributed by atoms with Crippen LogP contribution in [-0.2, 0) is 0 Å². The van der Waals surface area contributed by atoms with Crippen LogP contribution in [0.25, 0.3) is 43.3 Å². The third kappa shape index (κ3) is 2.34. The number of nitrogens with one attached hydrogen (secondary N) is 1. The fourth-order valence-corrected chi connectivity index (χ4v) is 4.35. The van der Waals surface area contributed by atoms with E-state index in [2.05, 4.69) is 62.8 Å². The quantitative estimate of drug-likeness (QED) is 0.467. The predicted octanol–water partition coefficient (Wildman–Crippen LogP) is 4.08. The van der Waals surface area contributed by atoms with E-state index >= 15 is 0 Å². The largest absolute Gasteiger partial charge is 0.278 e. The third-order valence-electron chi connectivity index (χ3n) is 4.76. The highest BCUT2D eigenvalue weighted by molar-refractivity contribution is 7.09. The highest BCUT2D eigenvalue weighted by atomic mass is 32.1. The Morgan fingerprint density at radius 1 is 0.852 bits per heavy atom. The molecule has 6 aromatic rings. The molecule has 0 saturated heterocycles. The van der Waals surface area contributed by atoms with Gasteiger partial charge in [0, 0.05) is 34.4 Å². The van der Waals surface area contributed by atoms with Crippen molar-refractivity contribution in [1.29, 1.82) is 0 Å². The van der Waals surface area contributed by atoms with E-state index in [9.17, 15) is 0 Å². The highest BCUT2D eigenvalue weighted by Crippen LogP contribution is 2.22. The van der Waals surface area contributed by atoms with Crippen LogP contribution in [0.4, 0.5) is 0 Å². The Hall–Kier alpha value is -3.51. The van der Waals surface area contributed by atoms with E-state index in [4.69, 9.17) is 4.52 Å². The SMILES string of the molecule is c1ccc2o[n+](-c3ccc4c[n+](-c5ccc6cn[nH]c6c5)sc4c3)cc2c1. The van der Waals surface area contributed by atoms with E-state index in [1.807, 2.05) is 35.3 Å². The molecule has 0 aliphatic heterocycles. The van der Waals surface area contributed by atoms with Gasteiger partial charge in [-0.25, -0.2) is 4.52 Å². The molecule has 3 aromatic carbocycles. The maximum Gasteiger partial charge on any atom is 0.259 e. The zero-order chi connectivity index (χ0) is 17.8. The maximum atomic E-state index is 5.94. The van der Waals surface area contributed by atoms with Gasteiger partial charge in [0.1, 0.15) is 16.2 Å². The predicted molar refractivity (Wildman–Crippen MR) is 104 cm³/mol. The first-order valence-corrected chi connectivity index (χ1v) is 9.41. The molecule has 0 aliphatic rings. The van der Waals surface area contributed by atoms with Gasteiger partial charge in [0.2, 0.25) is 17.5 Å². The Balaban J connectivity index is 1.46. The normalized spacial score (nSPS) is 11.7. The number of benzene rings is 3. The van der Waals surface area contributed by atoms with Crippen molar-refractivity contribution < 1.29 is 13.2 Å². The summed E-state index contributed by atoms with van der Waals surface area (Å²) in [6, 6.07) is 20.7. The summed E-state index contributed by atoms with van der Waals surface area (Å²) in [5.74, 6) is 0. The van der Waals surface area contributed by atoms with Crippen molar-refractivity contribution >= 4 is 43.5 Å². The summed E-state index contributed by atoms with van der Waals surface area (Å²) in [5, 5.41) is 10.5. The molecule has 0 bridgehead atoms. The molecule has 3 heterocycles. The van der Waals surface area contributed by atoms with Crippen molar-refractivity contribution in [2.45, 2.75) is 0 Å². The topological polar surface area (TPSA) is 49.6 Å². The van der Waals surface area contributed by atoms with Crippen LogP contribution in [0, 0.1) is 0 Å². The van der Waals surface area contributed by atoms with E-state index in [1.165, 1.54) is 10.1 Å². The fourth-order valence-electron chi connectivity index (χ4n) is 3.35. The summed E-state index contributed by atoms with van der Waals surface area (Å²) in [6.07, 6.45) is 6.01. The van der Waals surface area contributed by atoms with Gasteiger partial charge >= 0.3 is 0 Å². The first-order valence-electron chi connectivity index (χ1n) is 8.64. The van der Waals surface area contributed by atoms with Crippen LogP contribution in [-0.4, -0.2) is 10.2 Å². The Morgan fingerprint density at radius 3 is 2.70 bits per heavy atom. The van der Waals surface area contributed by atoms with Crippen molar-refractivity contribution in [2.75, 3.05) is 0 Å². The summed E-state index contributed by atoms with van der Waals surface area (Å²) in [6.45, 7) is 0. The number of nitrogens with zero attached hydrogens (tertiary/aromatic N) is 3. The van der Waals surface area contributed by atoms with Gasteiger partial charge in [0.05, 0.1) is 22.5 Å². The van der Waals surface area contributed by atoms with Gasteiger partial charge in [-0.15, -0.1) is 3.96 Å². The number of fused-ring (bicyclic) bond motifs is 3. The molecule has 0 spiro atoms. The third-order valence-corrected chi connectivity index (χ3v) is 5.82. The van der Waals surface area contributed by atoms with Gasteiger partial charge in [-0.2, -0.15) is 5.10 Å². The lowest BCUT2D eigenvalue weighted by molar-refractivity contribution is -0.779. The lowest BCUT2D eigenvalue weighted by atomic mass is 10.2. The zero-order valence-corrected chi connectivity index (χ0v) is 15.0. The number of rotatable bonds is 2.